The number of hydrazine groups is 1. The van der Waals surface area contributed by atoms with E-state index in [1.807, 2.05) is 6.07 Å². The summed E-state index contributed by atoms with van der Waals surface area (Å²) < 4.78 is 13.1. The van der Waals surface area contributed by atoms with Crippen LogP contribution in [0.3, 0.4) is 0 Å². The van der Waals surface area contributed by atoms with Gasteiger partial charge in [0, 0.05) is 36.1 Å². The molecule has 2 aromatic heterocycles. The van der Waals surface area contributed by atoms with Crippen molar-refractivity contribution in [1.82, 2.24) is 25.6 Å². The molecule has 0 saturated heterocycles. The minimum Gasteiger partial charge on any atom is -0.324 e. The predicted octanol–water partition coefficient (Wildman–Crippen LogP) is 3.41. The molecule has 10 heteroatoms. The molecule has 1 amide bonds. The van der Waals surface area contributed by atoms with E-state index in [1.165, 1.54) is 31.2 Å². The first-order chi connectivity index (χ1) is 16.1. The Bertz CT molecular complexity index is 1160. The number of H-pyrrole nitrogens is 1. The van der Waals surface area contributed by atoms with Gasteiger partial charge in [-0.15, -0.1) is 0 Å². The number of pyridine rings is 1. The van der Waals surface area contributed by atoms with Crippen LogP contribution in [-0.4, -0.2) is 44.3 Å². The second kappa shape index (κ2) is 8.09. The Balaban J connectivity index is 1.25. The zero-order valence-corrected chi connectivity index (χ0v) is 18.1. The molecule has 2 aliphatic carbocycles. The first-order valence-corrected chi connectivity index (χ1v) is 11.5. The van der Waals surface area contributed by atoms with E-state index in [2.05, 4.69) is 37.0 Å². The zero-order valence-electron chi connectivity index (χ0n) is 18.1. The van der Waals surface area contributed by atoms with Crippen LogP contribution in [0.2, 0.25) is 0 Å². The number of nitrogens with zero attached hydrogens (tertiary/aromatic N) is 5. The molecule has 4 aliphatic rings. The summed E-state index contributed by atoms with van der Waals surface area (Å²) in [6, 6.07) is 4.76. The Morgan fingerprint density at radius 3 is 2.97 bits per heavy atom. The highest BCUT2D eigenvalue weighted by atomic mass is 19.1. The number of nitrogens with one attached hydrogen (secondary N) is 3. The van der Waals surface area contributed by atoms with Crippen molar-refractivity contribution in [3.8, 4) is 0 Å². The SMILES string of the molecule is O=C(Nc1ccc(F)nc1)[C@@H]1CCC[C@H]1C1=NC(=Nc2cc(C3CC3)[nH]n2)C2=CCCN2N1. The molecular weight excluding hydrogens is 423 g/mol. The molecule has 0 spiro atoms. The minimum atomic E-state index is -0.574. The maximum absolute atomic E-state index is 13.1. The average Bonchev–Trinajstić information content (AvgIpc) is 3.20. The molecule has 6 rings (SSSR count). The Hall–Kier alpha value is -3.56. The van der Waals surface area contributed by atoms with Crippen molar-refractivity contribution < 1.29 is 9.18 Å². The number of carbonyl (C=O) groups excluding carboxylic acids is 1. The molecule has 170 valence electrons. The van der Waals surface area contributed by atoms with E-state index in [9.17, 15) is 9.18 Å². The van der Waals surface area contributed by atoms with Crippen LogP contribution in [0.1, 0.15) is 50.1 Å². The molecule has 2 saturated carbocycles. The summed E-state index contributed by atoms with van der Waals surface area (Å²) in [5.41, 5.74) is 6.00. The number of aliphatic imine (C=N–C) groups is 2. The summed E-state index contributed by atoms with van der Waals surface area (Å²) in [4.78, 5) is 26.3. The first kappa shape index (κ1) is 20.1. The molecular formula is C23H25FN8O. The monoisotopic (exact) mass is 448 g/mol. The fourth-order valence-electron chi connectivity index (χ4n) is 4.85. The highest BCUT2D eigenvalue weighted by molar-refractivity contribution is 6.10. The maximum Gasteiger partial charge on any atom is 0.228 e. The van der Waals surface area contributed by atoms with Gasteiger partial charge in [-0.3, -0.25) is 20.3 Å². The fourth-order valence-corrected chi connectivity index (χ4v) is 4.85. The number of halogens is 1. The Kier molecular flexibility index (Phi) is 4.92. The van der Waals surface area contributed by atoms with Crippen molar-refractivity contribution in [2.24, 2.45) is 21.8 Å². The van der Waals surface area contributed by atoms with Crippen LogP contribution in [0.4, 0.5) is 15.9 Å². The number of anilines is 1. The molecule has 2 aliphatic heterocycles. The maximum atomic E-state index is 13.1. The number of carbonyl (C=O) groups is 1. The third-order valence-corrected chi connectivity index (χ3v) is 6.71. The van der Waals surface area contributed by atoms with Crippen molar-refractivity contribution in [1.29, 1.82) is 0 Å². The van der Waals surface area contributed by atoms with E-state index in [0.717, 1.165) is 49.5 Å². The van der Waals surface area contributed by atoms with Gasteiger partial charge in [-0.25, -0.2) is 15.0 Å². The van der Waals surface area contributed by atoms with Gasteiger partial charge in [0.05, 0.1) is 17.6 Å². The summed E-state index contributed by atoms with van der Waals surface area (Å²) in [6.07, 6.45) is 9.32. The Morgan fingerprint density at radius 2 is 2.15 bits per heavy atom. The highest BCUT2D eigenvalue weighted by Gasteiger charge is 2.39. The molecule has 2 aromatic rings. The number of fused-ring (bicyclic) bond motifs is 1. The Labute approximate surface area is 190 Å². The smallest absolute Gasteiger partial charge is 0.228 e. The van der Waals surface area contributed by atoms with E-state index >= 15 is 0 Å². The largest absolute Gasteiger partial charge is 0.324 e. The van der Waals surface area contributed by atoms with Crippen molar-refractivity contribution in [2.45, 2.75) is 44.4 Å². The summed E-state index contributed by atoms with van der Waals surface area (Å²) >= 11 is 0. The molecule has 0 bridgehead atoms. The Morgan fingerprint density at radius 1 is 1.24 bits per heavy atom. The molecule has 0 radical (unpaired) electrons. The molecule has 2 fully saturated rings. The van der Waals surface area contributed by atoms with Crippen LogP contribution >= 0.6 is 0 Å². The van der Waals surface area contributed by atoms with Gasteiger partial charge in [0.2, 0.25) is 11.9 Å². The van der Waals surface area contributed by atoms with Crippen molar-refractivity contribution in [3.05, 3.63) is 47.8 Å². The van der Waals surface area contributed by atoms with E-state index in [-0.39, 0.29) is 17.7 Å². The van der Waals surface area contributed by atoms with Crippen LogP contribution in [0.5, 0.6) is 0 Å². The van der Waals surface area contributed by atoms with Crippen molar-refractivity contribution >= 4 is 29.1 Å². The minimum absolute atomic E-state index is 0.0491. The third kappa shape index (κ3) is 4.01. The number of rotatable bonds is 5. The van der Waals surface area contributed by atoms with Crippen LogP contribution in [0, 0.1) is 17.8 Å². The summed E-state index contributed by atoms with van der Waals surface area (Å²) in [6.45, 7) is 0.825. The highest BCUT2D eigenvalue weighted by Crippen LogP contribution is 2.40. The molecule has 0 unspecified atom stereocenters. The second-order valence-corrected chi connectivity index (χ2v) is 9.03. The lowest BCUT2D eigenvalue weighted by Crippen LogP contribution is -2.50. The van der Waals surface area contributed by atoms with Gasteiger partial charge in [0.1, 0.15) is 5.84 Å². The standard InChI is InChI=1S/C23H25FN8O/c24-19-9-8-14(12-25-19)26-23(33)16-4-1-3-15(16)21-28-22(18-5-2-10-32(18)31-21)27-20-11-17(29-30-20)13-6-7-13/h5,8-9,11-13,15-16H,1-4,6-7,10H2,(H,26,33)(H2,27,28,29,30,31)/t15-,16-/m1/s1. The summed E-state index contributed by atoms with van der Waals surface area (Å²) in [5.74, 6) is 1.65. The molecule has 3 N–H and O–H groups in total. The third-order valence-electron chi connectivity index (χ3n) is 6.71. The lowest BCUT2D eigenvalue weighted by Gasteiger charge is -2.32. The molecule has 33 heavy (non-hydrogen) atoms. The van der Waals surface area contributed by atoms with Crippen molar-refractivity contribution in [3.63, 3.8) is 0 Å². The topological polar surface area (TPSA) is 111 Å². The average molecular weight is 449 g/mol. The summed E-state index contributed by atoms with van der Waals surface area (Å²) in [7, 11) is 0. The molecule has 2 atom stereocenters. The van der Waals surface area contributed by atoms with Crippen LogP contribution < -0.4 is 10.7 Å². The van der Waals surface area contributed by atoms with Crippen LogP contribution in [-0.2, 0) is 4.79 Å². The number of hydrogen-bond acceptors (Lipinski definition) is 6. The number of aromatic amines is 1. The van der Waals surface area contributed by atoms with E-state index < -0.39 is 5.95 Å². The summed E-state index contributed by atoms with van der Waals surface area (Å²) in [5, 5.41) is 12.4. The normalized spacial score (nSPS) is 25.5. The molecule has 0 aromatic carbocycles. The van der Waals surface area contributed by atoms with E-state index in [0.29, 0.717) is 23.3 Å². The predicted molar refractivity (Wildman–Crippen MR) is 121 cm³/mol. The molecule has 9 nitrogen and oxygen atoms in total. The first-order valence-electron chi connectivity index (χ1n) is 11.5. The lowest BCUT2D eigenvalue weighted by atomic mass is 9.93. The van der Waals surface area contributed by atoms with Gasteiger partial charge in [0.15, 0.2) is 11.7 Å². The van der Waals surface area contributed by atoms with Crippen LogP contribution in [0.25, 0.3) is 0 Å². The number of hydrogen-bond donors (Lipinski definition) is 3. The van der Waals surface area contributed by atoms with Gasteiger partial charge in [-0.05, 0) is 44.2 Å². The number of amides is 1. The van der Waals surface area contributed by atoms with Gasteiger partial charge < -0.3 is 5.32 Å². The van der Waals surface area contributed by atoms with Crippen LogP contribution in [0.15, 0.2) is 46.2 Å². The van der Waals surface area contributed by atoms with E-state index in [1.54, 1.807) is 0 Å². The number of amidine groups is 2. The lowest BCUT2D eigenvalue weighted by molar-refractivity contribution is -0.120. The van der Waals surface area contributed by atoms with Gasteiger partial charge in [-0.2, -0.15) is 9.49 Å². The molecule has 4 heterocycles. The number of aromatic nitrogens is 3. The van der Waals surface area contributed by atoms with E-state index in [4.69, 9.17) is 9.98 Å². The quantitative estimate of drug-likeness (QED) is 0.607. The van der Waals surface area contributed by atoms with Gasteiger partial charge in [-0.1, -0.05) is 12.5 Å². The van der Waals surface area contributed by atoms with Gasteiger partial charge >= 0.3 is 0 Å². The zero-order chi connectivity index (χ0) is 22.4. The van der Waals surface area contributed by atoms with Gasteiger partial charge in [0.25, 0.3) is 0 Å². The fraction of sp³-hybridized carbons (Fsp3) is 0.435. The van der Waals surface area contributed by atoms with Crippen molar-refractivity contribution in [2.75, 3.05) is 11.9 Å². The second-order valence-electron chi connectivity index (χ2n) is 9.03.